The van der Waals surface area contributed by atoms with Crippen LogP contribution in [0.5, 0.6) is 0 Å². The van der Waals surface area contributed by atoms with Crippen LogP contribution in [0.3, 0.4) is 0 Å². The second-order valence-electron chi connectivity index (χ2n) is 3.39. The summed E-state index contributed by atoms with van der Waals surface area (Å²) >= 11 is 0. The van der Waals surface area contributed by atoms with Crippen molar-refractivity contribution in [2.45, 2.75) is 31.7 Å². The maximum Gasteiger partial charge on any atom is 0.314 e. The molecule has 0 aliphatic carbocycles. The summed E-state index contributed by atoms with van der Waals surface area (Å²) in [6.07, 6.45) is 6.97. The number of carbonyl (C=O) groups excluding carboxylic acids is 2. The molecule has 82 valence electrons. The van der Waals surface area contributed by atoms with E-state index in [1.807, 2.05) is 0 Å². The van der Waals surface area contributed by atoms with E-state index in [-0.39, 0.29) is 24.3 Å². The molecule has 4 heteroatoms. The second-order valence-corrected chi connectivity index (χ2v) is 3.39. The molecule has 0 spiro atoms. The van der Waals surface area contributed by atoms with Gasteiger partial charge >= 0.3 is 5.97 Å². The monoisotopic (exact) mass is 209 g/mol. The van der Waals surface area contributed by atoms with E-state index in [2.05, 4.69) is 11.9 Å². The third-order valence-electron chi connectivity index (χ3n) is 2.11. The van der Waals surface area contributed by atoms with Crippen molar-refractivity contribution in [2.24, 2.45) is 0 Å². The molecule has 0 saturated carbocycles. The minimum absolute atomic E-state index is 0.0945. The number of hydrogen-bond acceptors (Lipinski definition) is 3. The highest BCUT2D eigenvalue weighted by molar-refractivity contribution is 5.78. The Morgan fingerprint density at radius 1 is 1.67 bits per heavy atom. The second kappa shape index (κ2) is 6.01. The summed E-state index contributed by atoms with van der Waals surface area (Å²) in [6.45, 7) is 3.43. The first kappa shape index (κ1) is 11.5. The first-order valence-electron chi connectivity index (χ1n) is 4.97. The summed E-state index contributed by atoms with van der Waals surface area (Å²) in [6, 6.07) is 0.187. The lowest BCUT2D eigenvalue weighted by atomic mass is 10.2. The van der Waals surface area contributed by atoms with Gasteiger partial charge < -0.3 is 10.1 Å². The normalized spacial score (nSPS) is 20.3. The molecule has 1 aliphatic heterocycles. The van der Waals surface area contributed by atoms with Gasteiger partial charge in [0, 0.05) is 12.5 Å². The van der Waals surface area contributed by atoms with E-state index < -0.39 is 0 Å². The SMILES string of the molecule is C=CCC(=O)OC=CCC1CCC(=O)N1. The van der Waals surface area contributed by atoms with Crippen LogP contribution in [-0.2, 0) is 14.3 Å². The van der Waals surface area contributed by atoms with E-state index in [0.717, 1.165) is 6.42 Å². The van der Waals surface area contributed by atoms with Gasteiger partial charge in [0.1, 0.15) is 0 Å². The minimum atomic E-state index is -0.322. The molecule has 1 atom stereocenters. The van der Waals surface area contributed by atoms with Crippen molar-refractivity contribution < 1.29 is 14.3 Å². The van der Waals surface area contributed by atoms with Crippen LogP contribution in [0.4, 0.5) is 0 Å². The standard InChI is InChI=1S/C11H15NO3/c1-2-4-11(14)15-8-3-5-9-6-7-10(13)12-9/h2-3,8-9H,1,4-7H2,(H,12,13). The van der Waals surface area contributed by atoms with E-state index in [1.54, 1.807) is 6.08 Å². The first-order chi connectivity index (χ1) is 7.22. The molecule has 0 aromatic heterocycles. The Morgan fingerprint density at radius 3 is 3.07 bits per heavy atom. The Labute approximate surface area is 89.0 Å². The zero-order chi connectivity index (χ0) is 11.1. The van der Waals surface area contributed by atoms with Gasteiger partial charge in [-0.2, -0.15) is 0 Å². The molecule has 1 unspecified atom stereocenters. The minimum Gasteiger partial charge on any atom is -0.435 e. The van der Waals surface area contributed by atoms with Gasteiger partial charge in [-0.3, -0.25) is 9.59 Å². The fourth-order valence-corrected chi connectivity index (χ4v) is 1.36. The van der Waals surface area contributed by atoms with Crippen molar-refractivity contribution in [2.75, 3.05) is 0 Å². The largest absolute Gasteiger partial charge is 0.435 e. The molecule has 1 rings (SSSR count). The number of ether oxygens (including phenoxy) is 1. The zero-order valence-corrected chi connectivity index (χ0v) is 8.57. The van der Waals surface area contributed by atoms with Crippen LogP contribution in [0.15, 0.2) is 25.0 Å². The molecule has 0 bridgehead atoms. The first-order valence-corrected chi connectivity index (χ1v) is 4.97. The molecule has 15 heavy (non-hydrogen) atoms. The molecule has 0 radical (unpaired) electrons. The Kier molecular flexibility index (Phi) is 4.60. The highest BCUT2D eigenvalue weighted by Crippen LogP contribution is 2.10. The smallest absolute Gasteiger partial charge is 0.314 e. The molecule has 4 nitrogen and oxygen atoms in total. The molecule has 1 heterocycles. The maximum absolute atomic E-state index is 10.9. The lowest BCUT2D eigenvalue weighted by molar-refractivity contribution is -0.137. The lowest BCUT2D eigenvalue weighted by Crippen LogP contribution is -2.24. The third-order valence-corrected chi connectivity index (χ3v) is 2.11. The van der Waals surface area contributed by atoms with Gasteiger partial charge in [0.25, 0.3) is 0 Å². The van der Waals surface area contributed by atoms with Crippen LogP contribution in [0.25, 0.3) is 0 Å². The number of amides is 1. The van der Waals surface area contributed by atoms with Crippen LogP contribution in [-0.4, -0.2) is 17.9 Å². The predicted octanol–water partition coefficient (Wildman–Crippen LogP) is 1.29. The summed E-state index contributed by atoms with van der Waals surface area (Å²) in [5.41, 5.74) is 0. The molecular weight excluding hydrogens is 194 g/mol. The van der Waals surface area contributed by atoms with Gasteiger partial charge in [0.2, 0.25) is 5.91 Å². The predicted molar refractivity (Wildman–Crippen MR) is 55.8 cm³/mol. The number of hydrogen-bond donors (Lipinski definition) is 1. The van der Waals surface area contributed by atoms with Crippen molar-refractivity contribution in [3.8, 4) is 0 Å². The van der Waals surface area contributed by atoms with Crippen LogP contribution < -0.4 is 5.32 Å². The number of esters is 1. The van der Waals surface area contributed by atoms with Crippen molar-refractivity contribution in [3.05, 3.63) is 25.0 Å². The molecule has 1 amide bonds. The summed E-state index contributed by atoms with van der Waals surface area (Å²) in [7, 11) is 0. The van der Waals surface area contributed by atoms with E-state index in [1.165, 1.54) is 12.3 Å². The summed E-state index contributed by atoms with van der Waals surface area (Å²) in [5, 5.41) is 2.82. The van der Waals surface area contributed by atoms with Gasteiger partial charge in [0.15, 0.2) is 0 Å². The Balaban J connectivity index is 2.14. The fourth-order valence-electron chi connectivity index (χ4n) is 1.36. The van der Waals surface area contributed by atoms with Crippen molar-refractivity contribution in [1.29, 1.82) is 0 Å². The number of nitrogens with one attached hydrogen (secondary N) is 1. The highest BCUT2D eigenvalue weighted by Gasteiger charge is 2.18. The quantitative estimate of drug-likeness (QED) is 0.421. The third kappa shape index (κ3) is 4.44. The number of rotatable bonds is 5. The highest BCUT2D eigenvalue weighted by atomic mass is 16.5. The van der Waals surface area contributed by atoms with Crippen LogP contribution in [0, 0.1) is 0 Å². The van der Waals surface area contributed by atoms with Gasteiger partial charge in [-0.05, 0) is 18.9 Å². The molecule has 1 fully saturated rings. The van der Waals surface area contributed by atoms with Crippen molar-refractivity contribution in [3.63, 3.8) is 0 Å². The average Bonchev–Trinajstić information content (AvgIpc) is 2.60. The molecule has 0 aromatic carbocycles. The van der Waals surface area contributed by atoms with E-state index in [9.17, 15) is 9.59 Å². The Morgan fingerprint density at radius 2 is 2.47 bits per heavy atom. The summed E-state index contributed by atoms with van der Waals surface area (Å²) in [4.78, 5) is 21.7. The molecule has 1 N–H and O–H groups in total. The van der Waals surface area contributed by atoms with Crippen LogP contribution in [0.2, 0.25) is 0 Å². The van der Waals surface area contributed by atoms with Gasteiger partial charge in [0.05, 0.1) is 12.7 Å². The molecule has 0 aromatic rings. The van der Waals surface area contributed by atoms with Crippen LogP contribution >= 0.6 is 0 Å². The zero-order valence-electron chi connectivity index (χ0n) is 8.57. The van der Waals surface area contributed by atoms with Crippen LogP contribution in [0.1, 0.15) is 25.7 Å². The van der Waals surface area contributed by atoms with Gasteiger partial charge in [-0.1, -0.05) is 6.08 Å². The molecular formula is C11H15NO3. The van der Waals surface area contributed by atoms with E-state index in [4.69, 9.17) is 4.74 Å². The van der Waals surface area contributed by atoms with Crippen molar-refractivity contribution >= 4 is 11.9 Å². The maximum atomic E-state index is 10.9. The molecule has 1 saturated heterocycles. The van der Waals surface area contributed by atoms with Gasteiger partial charge in [-0.15, -0.1) is 6.58 Å². The van der Waals surface area contributed by atoms with Gasteiger partial charge in [-0.25, -0.2) is 0 Å². The Hall–Kier alpha value is -1.58. The topological polar surface area (TPSA) is 55.4 Å². The van der Waals surface area contributed by atoms with E-state index in [0.29, 0.717) is 12.8 Å². The fraction of sp³-hybridized carbons (Fsp3) is 0.455. The lowest BCUT2D eigenvalue weighted by Gasteiger charge is -2.04. The number of carbonyl (C=O) groups is 2. The summed E-state index contributed by atoms with van der Waals surface area (Å²) < 4.78 is 4.77. The molecule has 1 aliphatic rings. The Bertz CT molecular complexity index is 284. The summed E-state index contributed by atoms with van der Waals surface area (Å²) in [5.74, 6) is -0.228. The van der Waals surface area contributed by atoms with Crippen molar-refractivity contribution in [1.82, 2.24) is 5.32 Å². The van der Waals surface area contributed by atoms with E-state index >= 15 is 0 Å². The average molecular weight is 209 g/mol.